The molecule has 2 aromatic heterocycles. The number of carbonyl (C=O) groups is 2. The average molecular weight is 447 g/mol. The summed E-state index contributed by atoms with van der Waals surface area (Å²) in [4.78, 5) is 36.9. The van der Waals surface area contributed by atoms with Crippen molar-refractivity contribution in [2.75, 3.05) is 12.3 Å². The normalized spacial score (nSPS) is 12.8. The van der Waals surface area contributed by atoms with E-state index in [9.17, 15) is 14.7 Å². The van der Waals surface area contributed by atoms with Gasteiger partial charge in [0.15, 0.2) is 5.69 Å². The van der Waals surface area contributed by atoms with Crippen LogP contribution in [0, 0.1) is 0 Å². The van der Waals surface area contributed by atoms with Crippen molar-refractivity contribution in [1.29, 1.82) is 0 Å². The molecule has 2 heterocycles. The van der Waals surface area contributed by atoms with E-state index in [2.05, 4.69) is 25.6 Å². The first kappa shape index (κ1) is 21.6. The van der Waals surface area contributed by atoms with Crippen LogP contribution >= 0.6 is 22.9 Å². The third-order valence-electron chi connectivity index (χ3n) is 4.14. The van der Waals surface area contributed by atoms with Crippen LogP contribution in [0.15, 0.2) is 42.9 Å². The number of amides is 2. The molecule has 0 aliphatic heterocycles. The van der Waals surface area contributed by atoms with Gasteiger partial charge < -0.3 is 21.5 Å². The molecular formula is C19H19ClN6O3S. The van der Waals surface area contributed by atoms with Gasteiger partial charge in [-0.15, -0.1) is 11.3 Å². The van der Waals surface area contributed by atoms with Crippen molar-refractivity contribution in [3.8, 4) is 0 Å². The van der Waals surface area contributed by atoms with Crippen molar-refractivity contribution in [3.63, 3.8) is 0 Å². The summed E-state index contributed by atoms with van der Waals surface area (Å²) in [5, 5.41) is 16.0. The molecule has 2 atom stereocenters. The molecule has 0 bridgehead atoms. The quantitative estimate of drug-likeness (QED) is 0.435. The summed E-state index contributed by atoms with van der Waals surface area (Å²) >= 11 is 7.10. The van der Waals surface area contributed by atoms with Gasteiger partial charge in [0.25, 0.3) is 11.8 Å². The molecule has 9 nitrogen and oxygen atoms in total. The Morgan fingerprint density at radius 2 is 1.93 bits per heavy atom. The molecule has 11 heteroatoms. The maximum atomic E-state index is 12.4. The molecule has 0 spiro atoms. The number of nitrogens with one attached hydrogen (secondary N) is 2. The van der Waals surface area contributed by atoms with E-state index in [0.29, 0.717) is 15.4 Å². The number of nitrogens with zero attached hydrogens (tertiary/aromatic N) is 3. The molecular weight excluding hydrogens is 428 g/mol. The highest BCUT2D eigenvalue weighted by Crippen LogP contribution is 2.23. The SMILES string of the molecule is CC(NC(=O)c1ncnc(N)c1Cl)c1ncc(C(=O)NCC(O)c2ccccc2)s1. The fraction of sp³-hybridized carbons (Fsp3) is 0.211. The van der Waals surface area contributed by atoms with Crippen LogP contribution in [0.5, 0.6) is 0 Å². The van der Waals surface area contributed by atoms with Crippen LogP contribution in [0.25, 0.3) is 0 Å². The van der Waals surface area contributed by atoms with Crippen LogP contribution in [0.2, 0.25) is 5.02 Å². The molecule has 2 unspecified atom stereocenters. The summed E-state index contributed by atoms with van der Waals surface area (Å²) in [6.07, 6.45) is 1.75. The van der Waals surface area contributed by atoms with Gasteiger partial charge in [0.2, 0.25) is 0 Å². The van der Waals surface area contributed by atoms with E-state index >= 15 is 0 Å². The lowest BCUT2D eigenvalue weighted by molar-refractivity contribution is 0.0917. The number of nitrogen functional groups attached to an aromatic ring is 1. The van der Waals surface area contributed by atoms with Crippen molar-refractivity contribution in [2.24, 2.45) is 0 Å². The number of rotatable bonds is 7. The van der Waals surface area contributed by atoms with Gasteiger partial charge in [-0.25, -0.2) is 15.0 Å². The smallest absolute Gasteiger partial charge is 0.272 e. The summed E-state index contributed by atoms with van der Waals surface area (Å²) in [7, 11) is 0. The number of aliphatic hydroxyl groups excluding tert-OH is 1. The van der Waals surface area contributed by atoms with E-state index in [0.717, 1.165) is 17.7 Å². The average Bonchev–Trinajstić information content (AvgIpc) is 3.25. The predicted octanol–water partition coefficient (Wildman–Crippen LogP) is 2.12. The van der Waals surface area contributed by atoms with E-state index in [1.54, 1.807) is 19.1 Å². The number of halogens is 1. The molecule has 0 saturated carbocycles. The minimum absolute atomic E-state index is 0.00960. The lowest BCUT2D eigenvalue weighted by Crippen LogP contribution is -2.28. The first-order chi connectivity index (χ1) is 14.4. The summed E-state index contributed by atoms with van der Waals surface area (Å²) in [6, 6.07) is 8.54. The molecule has 30 heavy (non-hydrogen) atoms. The number of aromatic nitrogens is 3. The maximum Gasteiger partial charge on any atom is 0.272 e. The van der Waals surface area contributed by atoms with Gasteiger partial charge >= 0.3 is 0 Å². The number of aliphatic hydroxyl groups is 1. The second-order valence-electron chi connectivity index (χ2n) is 6.32. The highest BCUT2D eigenvalue weighted by atomic mass is 35.5. The zero-order valence-electron chi connectivity index (χ0n) is 15.9. The van der Waals surface area contributed by atoms with E-state index in [4.69, 9.17) is 17.3 Å². The molecule has 0 radical (unpaired) electrons. The zero-order valence-corrected chi connectivity index (χ0v) is 17.4. The maximum absolute atomic E-state index is 12.4. The molecule has 1 aromatic carbocycles. The van der Waals surface area contributed by atoms with Gasteiger partial charge in [0.1, 0.15) is 27.1 Å². The topological polar surface area (TPSA) is 143 Å². The Kier molecular flexibility index (Phi) is 6.93. The fourth-order valence-corrected chi connectivity index (χ4v) is 3.55. The summed E-state index contributed by atoms with van der Waals surface area (Å²) in [5.41, 5.74) is 6.26. The molecule has 156 valence electrons. The van der Waals surface area contributed by atoms with E-state index in [-0.39, 0.29) is 29.0 Å². The summed E-state index contributed by atoms with van der Waals surface area (Å²) < 4.78 is 0. The Labute approximate surface area is 181 Å². The molecule has 0 fully saturated rings. The van der Waals surface area contributed by atoms with Gasteiger partial charge in [-0.2, -0.15) is 0 Å². The number of carbonyl (C=O) groups excluding carboxylic acids is 2. The van der Waals surface area contributed by atoms with Crippen LogP contribution in [0.3, 0.4) is 0 Å². The Bertz CT molecular complexity index is 1050. The lowest BCUT2D eigenvalue weighted by atomic mass is 10.1. The van der Waals surface area contributed by atoms with E-state index in [1.807, 2.05) is 18.2 Å². The van der Waals surface area contributed by atoms with Gasteiger partial charge in [0.05, 0.1) is 18.3 Å². The largest absolute Gasteiger partial charge is 0.387 e. The highest BCUT2D eigenvalue weighted by molar-refractivity contribution is 7.13. The highest BCUT2D eigenvalue weighted by Gasteiger charge is 2.21. The van der Waals surface area contributed by atoms with Crippen molar-refractivity contribution >= 4 is 40.6 Å². The van der Waals surface area contributed by atoms with Crippen LogP contribution < -0.4 is 16.4 Å². The second-order valence-corrected chi connectivity index (χ2v) is 7.76. The molecule has 0 saturated heterocycles. The minimum Gasteiger partial charge on any atom is -0.387 e. The predicted molar refractivity (Wildman–Crippen MR) is 113 cm³/mol. The van der Waals surface area contributed by atoms with Crippen LogP contribution in [-0.4, -0.2) is 38.4 Å². The molecule has 5 N–H and O–H groups in total. The zero-order chi connectivity index (χ0) is 21.7. The Morgan fingerprint density at radius 1 is 1.20 bits per heavy atom. The molecule has 0 aliphatic rings. The number of benzene rings is 1. The second kappa shape index (κ2) is 9.61. The molecule has 3 aromatic rings. The molecule has 0 aliphatic carbocycles. The number of nitrogens with two attached hydrogens (primary N) is 1. The first-order valence-corrected chi connectivity index (χ1v) is 10.1. The minimum atomic E-state index is -0.814. The van der Waals surface area contributed by atoms with Gasteiger partial charge in [0, 0.05) is 6.54 Å². The number of hydrogen-bond acceptors (Lipinski definition) is 8. The van der Waals surface area contributed by atoms with E-state index in [1.165, 1.54) is 6.20 Å². The lowest BCUT2D eigenvalue weighted by Gasteiger charge is -2.12. The standard InChI is InChI=1S/C19H19ClN6O3S/c1-10(26-18(29)15-14(20)16(21)25-9-24-15)19-23-8-13(30-19)17(28)22-7-12(27)11-5-3-2-4-6-11/h2-6,8-10,12,27H,7H2,1H3,(H,22,28)(H,26,29)(H2,21,24,25). The molecule has 2 amide bonds. The first-order valence-electron chi connectivity index (χ1n) is 8.90. The van der Waals surface area contributed by atoms with Crippen molar-refractivity contribution in [1.82, 2.24) is 25.6 Å². The summed E-state index contributed by atoms with van der Waals surface area (Å²) in [6.45, 7) is 1.78. The third-order valence-corrected chi connectivity index (χ3v) is 5.69. The Hall–Kier alpha value is -3.08. The van der Waals surface area contributed by atoms with Crippen LogP contribution in [-0.2, 0) is 0 Å². The third kappa shape index (κ3) is 5.09. The molecule has 3 rings (SSSR count). The number of hydrogen-bond donors (Lipinski definition) is 4. The van der Waals surface area contributed by atoms with Crippen molar-refractivity contribution in [2.45, 2.75) is 19.1 Å². The van der Waals surface area contributed by atoms with Gasteiger partial charge in [-0.1, -0.05) is 41.9 Å². The van der Waals surface area contributed by atoms with Crippen molar-refractivity contribution < 1.29 is 14.7 Å². The van der Waals surface area contributed by atoms with E-state index < -0.39 is 18.1 Å². The van der Waals surface area contributed by atoms with Crippen LogP contribution in [0.4, 0.5) is 5.82 Å². The van der Waals surface area contributed by atoms with Crippen molar-refractivity contribution in [3.05, 3.63) is 69.0 Å². The summed E-state index contributed by atoms with van der Waals surface area (Å²) in [5.74, 6) is -0.886. The van der Waals surface area contributed by atoms with Gasteiger partial charge in [-0.3, -0.25) is 9.59 Å². The van der Waals surface area contributed by atoms with Gasteiger partial charge in [-0.05, 0) is 12.5 Å². The Morgan fingerprint density at radius 3 is 2.67 bits per heavy atom. The number of thiazole rings is 1. The fourth-order valence-electron chi connectivity index (χ4n) is 2.53. The number of anilines is 1. The Balaban J connectivity index is 1.59. The monoisotopic (exact) mass is 446 g/mol. The van der Waals surface area contributed by atoms with Crippen LogP contribution in [0.1, 0.15) is 49.8 Å².